The van der Waals surface area contributed by atoms with E-state index in [1.807, 2.05) is 0 Å². The summed E-state index contributed by atoms with van der Waals surface area (Å²) < 4.78 is 0. The van der Waals surface area contributed by atoms with Gasteiger partial charge in [-0.3, -0.25) is 4.99 Å². The SMILES string of the molecule is CCNC(=NCC(C)c1ccsc1)N1CCC(CN2CCCC2)C1. The topological polar surface area (TPSA) is 30.9 Å². The predicted molar refractivity (Wildman–Crippen MR) is 104 cm³/mol. The Morgan fingerprint density at radius 1 is 1.38 bits per heavy atom. The maximum atomic E-state index is 4.94. The monoisotopic (exact) mass is 348 g/mol. The Hall–Kier alpha value is -1.07. The third-order valence-corrected chi connectivity index (χ3v) is 5.96. The van der Waals surface area contributed by atoms with E-state index in [-0.39, 0.29) is 0 Å². The van der Waals surface area contributed by atoms with E-state index in [2.05, 4.69) is 45.8 Å². The molecular formula is C19H32N4S. The number of hydrogen-bond acceptors (Lipinski definition) is 3. The highest BCUT2D eigenvalue weighted by atomic mass is 32.1. The summed E-state index contributed by atoms with van der Waals surface area (Å²) in [5, 5.41) is 7.91. The van der Waals surface area contributed by atoms with Crippen LogP contribution < -0.4 is 5.32 Å². The molecule has 1 aromatic heterocycles. The molecule has 0 aliphatic carbocycles. The second-order valence-electron chi connectivity index (χ2n) is 7.26. The van der Waals surface area contributed by atoms with Crippen LogP contribution in [0.15, 0.2) is 21.8 Å². The van der Waals surface area contributed by atoms with Crippen molar-refractivity contribution < 1.29 is 0 Å². The van der Waals surface area contributed by atoms with Gasteiger partial charge in [-0.05, 0) is 67.6 Å². The first-order valence-corrected chi connectivity index (χ1v) is 10.5. The van der Waals surface area contributed by atoms with Gasteiger partial charge in [0, 0.05) is 38.6 Å². The zero-order valence-corrected chi connectivity index (χ0v) is 16.0. The fourth-order valence-corrected chi connectivity index (χ4v) is 4.60. The molecule has 2 fully saturated rings. The second kappa shape index (κ2) is 8.86. The summed E-state index contributed by atoms with van der Waals surface area (Å²) in [6, 6.07) is 2.22. The minimum atomic E-state index is 0.493. The summed E-state index contributed by atoms with van der Waals surface area (Å²) in [6.07, 6.45) is 4.09. The molecule has 24 heavy (non-hydrogen) atoms. The van der Waals surface area contributed by atoms with Crippen LogP contribution >= 0.6 is 11.3 Å². The molecule has 3 rings (SSSR count). The molecule has 2 saturated heterocycles. The highest BCUT2D eigenvalue weighted by molar-refractivity contribution is 7.07. The number of rotatable bonds is 6. The van der Waals surface area contributed by atoms with Gasteiger partial charge in [-0.2, -0.15) is 11.3 Å². The Bertz CT molecular complexity index is 507. The molecule has 5 heteroatoms. The molecule has 0 radical (unpaired) electrons. The molecular weight excluding hydrogens is 316 g/mol. The van der Waals surface area contributed by atoms with E-state index < -0.39 is 0 Å². The summed E-state index contributed by atoms with van der Waals surface area (Å²) >= 11 is 1.77. The normalized spacial score (nSPS) is 23.8. The van der Waals surface area contributed by atoms with Crippen LogP contribution in [0.3, 0.4) is 0 Å². The number of thiophene rings is 1. The molecule has 2 aliphatic rings. The van der Waals surface area contributed by atoms with Gasteiger partial charge in [-0.1, -0.05) is 6.92 Å². The first kappa shape index (κ1) is 17.7. The van der Waals surface area contributed by atoms with Crippen molar-refractivity contribution in [2.45, 2.75) is 39.0 Å². The standard InChI is InChI=1S/C19H32N4S/c1-3-20-19(21-12-16(2)18-7-11-24-15-18)23-10-6-17(14-23)13-22-8-4-5-9-22/h7,11,15-17H,3-6,8-10,12-14H2,1-2H3,(H,20,21). The fraction of sp³-hybridized carbons (Fsp3) is 0.737. The molecule has 1 N–H and O–H groups in total. The van der Waals surface area contributed by atoms with E-state index in [0.29, 0.717) is 5.92 Å². The number of aliphatic imine (C=N–C) groups is 1. The summed E-state index contributed by atoms with van der Waals surface area (Å²) in [6.45, 7) is 12.5. The van der Waals surface area contributed by atoms with Crippen molar-refractivity contribution in [1.29, 1.82) is 0 Å². The summed E-state index contributed by atoms with van der Waals surface area (Å²) in [7, 11) is 0. The molecule has 0 saturated carbocycles. The first-order valence-electron chi connectivity index (χ1n) is 9.54. The lowest BCUT2D eigenvalue weighted by Crippen LogP contribution is -2.41. The molecule has 0 amide bonds. The number of likely N-dealkylation sites (tertiary alicyclic amines) is 2. The van der Waals surface area contributed by atoms with Crippen LogP contribution in [0.25, 0.3) is 0 Å². The zero-order chi connectivity index (χ0) is 16.8. The Balaban J connectivity index is 1.53. The van der Waals surface area contributed by atoms with Crippen LogP contribution in [0.2, 0.25) is 0 Å². The van der Waals surface area contributed by atoms with Gasteiger partial charge in [-0.25, -0.2) is 0 Å². The van der Waals surface area contributed by atoms with Crippen LogP contribution in [0.1, 0.15) is 44.6 Å². The fourth-order valence-electron chi connectivity index (χ4n) is 3.81. The molecule has 2 atom stereocenters. The maximum Gasteiger partial charge on any atom is 0.193 e. The summed E-state index contributed by atoms with van der Waals surface area (Å²) in [4.78, 5) is 10.1. The van der Waals surface area contributed by atoms with E-state index in [1.54, 1.807) is 11.3 Å². The van der Waals surface area contributed by atoms with Crippen molar-refractivity contribution >= 4 is 17.3 Å². The maximum absolute atomic E-state index is 4.94. The van der Waals surface area contributed by atoms with Gasteiger partial charge in [0.1, 0.15) is 0 Å². The molecule has 2 aliphatic heterocycles. The molecule has 2 unspecified atom stereocenters. The predicted octanol–water partition coefficient (Wildman–Crippen LogP) is 3.23. The zero-order valence-electron chi connectivity index (χ0n) is 15.2. The number of guanidine groups is 1. The van der Waals surface area contributed by atoms with Gasteiger partial charge < -0.3 is 15.1 Å². The lowest BCUT2D eigenvalue weighted by atomic mass is 10.1. The van der Waals surface area contributed by atoms with Crippen LogP contribution in [-0.2, 0) is 0 Å². The largest absolute Gasteiger partial charge is 0.357 e. The molecule has 0 bridgehead atoms. The smallest absolute Gasteiger partial charge is 0.193 e. The highest BCUT2D eigenvalue weighted by Gasteiger charge is 2.27. The van der Waals surface area contributed by atoms with Crippen molar-refractivity contribution in [2.24, 2.45) is 10.9 Å². The average Bonchev–Trinajstić information content (AvgIpc) is 3.33. The van der Waals surface area contributed by atoms with E-state index in [4.69, 9.17) is 4.99 Å². The third kappa shape index (κ3) is 4.73. The van der Waals surface area contributed by atoms with Crippen LogP contribution in [0, 0.1) is 5.92 Å². The highest BCUT2D eigenvalue weighted by Crippen LogP contribution is 2.21. The van der Waals surface area contributed by atoms with E-state index in [9.17, 15) is 0 Å². The van der Waals surface area contributed by atoms with Crippen molar-refractivity contribution in [1.82, 2.24) is 15.1 Å². The van der Waals surface area contributed by atoms with Crippen LogP contribution in [0.5, 0.6) is 0 Å². The average molecular weight is 349 g/mol. The number of hydrogen-bond donors (Lipinski definition) is 1. The Morgan fingerprint density at radius 3 is 2.92 bits per heavy atom. The van der Waals surface area contributed by atoms with Crippen molar-refractivity contribution in [3.05, 3.63) is 22.4 Å². The van der Waals surface area contributed by atoms with Crippen molar-refractivity contribution in [3.8, 4) is 0 Å². The molecule has 3 heterocycles. The Kier molecular flexibility index (Phi) is 6.55. The molecule has 134 valence electrons. The van der Waals surface area contributed by atoms with E-state index in [0.717, 1.165) is 38.1 Å². The Morgan fingerprint density at radius 2 is 2.21 bits per heavy atom. The number of nitrogens with zero attached hydrogens (tertiary/aromatic N) is 3. The minimum Gasteiger partial charge on any atom is -0.357 e. The minimum absolute atomic E-state index is 0.493. The van der Waals surface area contributed by atoms with Gasteiger partial charge >= 0.3 is 0 Å². The van der Waals surface area contributed by atoms with Crippen molar-refractivity contribution in [2.75, 3.05) is 45.8 Å². The summed E-state index contributed by atoms with van der Waals surface area (Å²) in [5.41, 5.74) is 1.41. The van der Waals surface area contributed by atoms with Gasteiger partial charge in [0.05, 0.1) is 0 Å². The van der Waals surface area contributed by atoms with E-state index in [1.165, 1.54) is 44.5 Å². The van der Waals surface area contributed by atoms with Crippen LogP contribution in [-0.4, -0.2) is 61.6 Å². The van der Waals surface area contributed by atoms with Gasteiger partial charge in [0.2, 0.25) is 0 Å². The number of nitrogens with one attached hydrogen (secondary N) is 1. The van der Waals surface area contributed by atoms with Crippen molar-refractivity contribution in [3.63, 3.8) is 0 Å². The molecule has 0 aromatic carbocycles. The van der Waals surface area contributed by atoms with Gasteiger partial charge in [-0.15, -0.1) is 0 Å². The molecule has 1 aromatic rings. The Labute approximate surface area is 150 Å². The van der Waals surface area contributed by atoms with Crippen LogP contribution in [0.4, 0.5) is 0 Å². The summed E-state index contributed by atoms with van der Waals surface area (Å²) in [5.74, 6) is 2.41. The quantitative estimate of drug-likeness (QED) is 0.632. The van der Waals surface area contributed by atoms with Gasteiger partial charge in [0.25, 0.3) is 0 Å². The van der Waals surface area contributed by atoms with E-state index >= 15 is 0 Å². The first-order chi connectivity index (χ1) is 11.8. The molecule has 4 nitrogen and oxygen atoms in total. The van der Waals surface area contributed by atoms with Gasteiger partial charge in [0.15, 0.2) is 5.96 Å². The second-order valence-corrected chi connectivity index (χ2v) is 8.04. The third-order valence-electron chi connectivity index (χ3n) is 5.26. The molecule has 0 spiro atoms. The lowest BCUT2D eigenvalue weighted by molar-refractivity contribution is 0.281. The lowest BCUT2D eigenvalue weighted by Gasteiger charge is -2.23.